The predicted octanol–water partition coefficient (Wildman–Crippen LogP) is 11.6. The molecule has 45 heavy (non-hydrogen) atoms. The van der Waals surface area contributed by atoms with Gasteiger partial charge >= 0.3 is 0 Å². The number of carbonyl (C=O) groups is 1. The molecule has 0 saturated carbocycles. The van der Waals surface area contributed by atoms with Gasteiger partial charge < -0.3 is 5.32 Å². The first-order valence-electron chi connectivity index (χ1n) is 20.2. The lowest BCUT2D eigenvalue weighted by Crippen LogP contribution is -2.32. The van der Waals surface area contributed by atoms with Crippen molar-refractivity contribution < 1.29 is 9.37 Å². The SMILES string of the molecule is CCCCCCCC/C=C\CCCCCCCCC1=[N+](CCNC(=O)CCCCCCC/C=C\CCCCCCCC)CCN1. The second kappa shape index (κ2) is 33.8. The summed E-state index contributed by atoms with van der Waals surface area (Å²) in [5.41, 5.74) is 0. The maximum atomic E-state index is 12.3. The molecule has 4 heteroatoms. The highest BCUT2D eigenvalue weighted by Crippen LogP contribution is 2.12. The number of hydrogen-bond acceptors (Lipinski definition) is 2. The molecule has 0 unspecified atom stereocenters. The topological polar surface area (TPSA) is 44.1 Å². The van der Waals surface area contributed by atoms with Gasteiger partial charge in [0.2, 0.25) is 11.7 Å². The highest BCUT2D eigenvalue weighted by Gasteiger charge is 2.19. The predicted molar refractivity (Wildman–Crippen MR) is 200 cm³/mol. The first kappa shape index (κ1) is 41.4. The van der Waals surface area contributed by atoms with Gasteiger partial charge in [-0.3, -0.25) is 14.7 Å². The Kier molecular flexibility index (Phi) is 31.1. The van der Waals surface area contributed by atoms with Crippen LogP contribution in [0.1, 0.15) is 200 Å². The molecule has 1 aliphatic rings. The van der Waals surface area contributed by atoms with Crippen molar-refractivity contribution >= 4 is 11.7 Å². The smallest absolute Gasteiger partial charge is 0.244 e. The zero-order valence-electron chi connectivity index (χ0n) is 30.5. The number of nitrogens with zero attached hydrogens (tertiary/aromatic N) is 1. The van der Waals surface area contributed by atoms with Crippen molar-refractivity contribution in [1.82, 2.24) is 10.6 Å². The van der Waals surface area contributed by atoms with E-state index in [1.807, 2.05) is 0 Å². The summed E-state index contributed by atoms with van der Waals surface area (Å²) < 4.78 is 2.46. The Labute approximate surface area is 281 Å². The van der Waals surface area contributed by atoms with Crippen LogP contribution in [0.3, 0.4) is 0 Å². The molecule has 1 heterocycles. The number of nitrogens with one attached hydrogen (secondary N) is 2. The van der Waals surface area contributed by atoms with Crippen LogP contribution in [0.2, 0.25) is 0 Å². The molecular weight excluding hydrogens is 550 g/mol. The lowest BCUT2D eigenvalue weighted by atomic mass is 10.1. The van der Waals surface area contributed by atoms with Crippen LogP contribution in [-0.4, -0.2) is 42.5 Å². The Balaban J connectivity index is 1.91. The van der Waals surface area contributed by atoms with Gasteiger partial charge in [0.1, 0.15) is 19.6 Å². The summed E-state index contributed by atoms with van der Waals surface area (Å²) in [6.45, 7) is 8.39. The number of carbonyl (C=O) groups excluding carboxylic acids is 1. The van der Waals surface area contributed by atoms with Crippen LogP contribution in [0.4, 0.5) is 0 Å². The quantitative estimate of drug-likeness (QED) is 0.0423. The summed E-state index contributed by atoms with van der Waals surface area (Å²) in [6.07, 6.45) is 47.3. The van der Waals surface area contributed by atoms with Crippen LogP contribution < -0.4 is 10.6 Å². The Bertz CT molecular complexity index is 741. The Morgan fingerprint density at radius 2 is 1.02 bits per heavy atom. The third kappa shape index (κ3) is 28.4. The fourth-order valence-electron chi connectivity index (χ4n) is 6.39. The van der Waals surface area contributed by atoms with E-state index < -0.39 is 0 Å². The number of rotatable bonds is 34. The van der Waals surface area contributed by atoms with Gasteiger partial charge in [-0.2, -0.15) is 0 Å². The van der Waals surface area contributed by atoms with Crippen LogP contribution in [0.15, 0.2) is 24.3 Å². The zero-order chi connectivity index (χ0) is 32.3. The average Bonchev–Trinajstić information content (AvgIpc) is 3.49. The van der Waals surface area contributed by atoms with Crippen molar-refractivity contribution in [1.29, 1.82) is 0 Å². The third-order valence-electron chi connectivity index (χ3n) is 9.39. The third-order valence-corrected chi connectivity index (χ3v) is 9.39. The Morgan fingerprint density at radius 1 is 0.600 bits per heavy atom. The van der Waals surface area contributed by atoms with E-state index >= 15 is 0 Å². The van der Waals surface area contributed by atoms with E-state index in [2.05, 4.69) is 53.4 Å². The maximum Gasteiger partial charge on any atom is 0.244 e. The molecule has 0 aromatic rings. The summed E-state index contributed by atoms with van der Waals surface area (Å²) in [4.78, 5) is 12.3. The molecular formula is C41H78N3O+. The molecule has 1 amide bonds. The van der Waals surface area contributed by atoms with Gasteiger partial charge in [0.05, 0.1) is 6.54 Å². The van der Waals surface area contributed by atoms with Crippen molar-refractivity contribution in [3.8, 4) is 0 Å². The summed E-state index contributed by atoms with van der Waals surface area (Å²) in [6, 6.07) is 0. The summed E-state index contributed by atoms with van der Waals surface area (Å²) in [7, 11) is 0. The van der Waals surface area contributed by atoms with Crippen molar-refractivity contribution in [3.63, 3.8) is 0 Å². The van der Waals surface area contributed by atoms with Crippen LogP contribution in [0, 0.1) is 0 Å². The van der Waals surface area contributed by atoms with E-state index in [9.17, 15) is 4.79 Å². The van der Waals surface area contributed by atoms with Crippen LogP contribution in [-0.2, 0) is 4.79 Å². The molecule has 0 aromatic heterocycles. The summed E-state index contributed by atoms with van der Waals surface area (Å²) >= 11 is 0. The minimum atomic E-state index is 0.231. The van der Waals surface area contributed by atoms with E-state index in [1.54, 1.807) is 0 Å². The largest absolute Gasteiger partial charge is 0.352 e. The number of unbranched alkanes of at least 4 members (excludes halogenated alkanes) is 23. The van der Waals surface area contributed by atoms with Crippen molar-refractivity contribution in [3.05, 3.63) is 24.3 Å². The van der Waals surface area contributed by atoms with Gasteiger partial charge in [0, 0.05) is 12.8 Å². The van der Waals surface area contributed by atoms with Crippen molar-refractivity contribution in [2.45, 2.75) is 200 Å². The monoisotopic (exact) mass is 629 g/mol. The highest BCUT2D eigenvalue weighted by molar-refractivity contribution is 5.78. The molecule has 0 radical (unpaired) electrons. The Morgan fingerprint density at radius 3 is 1.51 bits per heavy atom. The summed E-state index contributed by atoms with van der Waals surface area (Å²) in [5.74, 6) is 1.63. The molecule has 262 valence electrons. The van der Waals surface area contributed by atoms with Gasteiger partial charge in [0.15, 0.2) is 0 Å². The lowest BCUT2D eigenvalue weighted by molar-refractivity contribution is -0.517. The second-order valence-corrected chi connectivity index (χ2v) is 13.7. The van der Waals surface area contributed by atoms with E-state index in [0.717, 1.165) is 39.0 Å². The molecule has 0 aromatic carbocycles. The lowest BCUT2D eigenvalue weighted by Gasteiger charge is -2.07. The van der Waals surface area contributed by atoms with Gasteiger partial charge in [-0.25, -0.2) is 0 Å². The zero-order valence-corrected chi connectivity index (χ0v) is 30.5. The van der Waals surface area contributed by atoms with Crippen LogP contribution >= 0.6 is 0 Å². The normalized spacial score (nSPS) is 13.5. The second-order valence-electron chi connectivity index (χ2n) is 13.7. The maximum absolute atomic E-state index is 12.3. The van der Waals surface area contributed by atoms with Gasteiger partial charge in [-0.15, -0.1) is 0 Å². The first-order chi connectivity index (χ1) is 22.3. The van der Waals surface area contributed by atoms with Gasteiger partial charge in [-0.1, -0.05) is 147 Å². The van der Waals surface area contributed by atoms with E-state index in [0.29, 0.717) is 6.42 Å². The van der Waals surface area contributed by atoms with Gasteiger partial charge in [-0.05, 0) is 64.2 Å². The summed E-state index contributed by atoms with van der Waals surface area (Å²) in [5, 5.41) is 6.77. The van der Waals surface area contributed by atoms with E-state index in [1.165, 1.54) is 173 Å². The van der Waals surface area contributed by atoms with Gasteiger partial charge in [0.25, 0.3) is 0 Å². The molecule has 0 saturated heterocycles. The molecule has 0 atom stereocenters. The number of amidine groups is 1. The minimum absolute atomic E-state index is 0.231. The number of amides is 1. The molecule has 4 nitrogen and oxygen atoms in total. The van der Waals surface area contributed by atoms with Crippen LogP contribution in [0.5, 0.6) is 0 Å². The van der Waals surface area contributed by atoms with Crippen molar-refractivity contribution in [2.75, 3.05) is 26.2 Å². The first-order valence-corrected chi connectivity index (χ1v) is 20.2. The molecule has 0 bridgehead atoms. The average molecular weight is 629 g/mol. The fraction of sp³-hybridized carbons (Fsp3) is 0.854. The molecule has 1 aliphatic heterocycles. The molecule has 0 aliphatic carbocycles. The van der Waals surface area contributed by atoms with E-state index in [-0.39, 0.29) is 5.91 Å². The van der Waals surface area contributed by atoms with Crippen molar-refractivity contribution in [2.24, 2.45) is 0 Å². The number of allylic oxidation sites excluding steroid dienone is 4. The molecule has 2 N–H and O–H groups in total. The molecule has 0 spiro atoms. The highest BCUT2D eigenvalue weighted by atomic mass is 16.1. The standard InChI is InChI=1S/C41H77N3O/c1-3-5-7-9-11-13-15-17-19-21-22-24-26-28-30-32-34-40-42-36-38-44(40)39-37-43-41(45)35-33-31-29-27-25-23-20-18-16-14-12-10-8-6-4-2/h17-20H,3-16,21-39H2,1-2H3,(H,43,45)/p+1/b19-17-,20-18-. The molecule has 1 rings (SSSR count). The molecule has 0 fully saturated rings. The van der Waals surface area contributed by atoms with E-state index in [4.69, 9.17) is 0 Å². The van der Waals surface area contributed by atoms with Crippen LogP contribution in [0.25, 0.3) is 0 Å². The minimum Gasteiger partial charge on any atom is -0.352 e. The Hall–Kier alpha value is -1.58. The fourth-order valence-corrected chi connectivity index (χ4v) is 6.39. The number of hydrogen-bond donors (Lipinski definition) is 2.